The molecular formula is C14H22BrN3O. The molecule has 2 rings (SSSR count). The number of aromatic nitrogens is 2. The fourth-order valence-electron chi connectivity index (χ4n) is 2.88. The van der Waals surface area contributed by atoms with E-state index in [0.29, 0.717) is 16.3 Å². The van der Waals surface area contributed by atoms with Crippen molar-refractivity contribution in [3.63, 3.8) is 0 Å². The van der Waals surface area contributed by atoms with Gasteiger partial charge >= 0.3 is 0 Å². The lowest BCUT2D eigenvalue weighted by Crippen LogP contribution is -2.40. The van der Waals surface area contributed by atoms with Gasteiger partial charge in [-0.25, -0.2) is 4.68 Å². The normalized spacial score (nSPS) is 24.0. The molecule has 0 unspecified atom stereocenters. The predicted octanol–water partition coefficient (Wildman–Crippen LogP) is 3.07. The number of rotatable bonds is 2. The van der Waals surface area contributed by atoms with E-state index in [1.807, 2.05) is 20.0 Å². The van der Waals surface area contributed by atoms with Crippen LogP contribution in [-0.2, 0) is 0 Å². The number of hydrogen-bond acceptors (Lipinski definition) is 3. The lowest BCUT2D eigenvalue weighted by atomic mass is 9.92. The van der Waals surface area contributed by atoms with E-state index in [2.05, 4.69) is 39.8 Å². The van der Waals surface area contributed by atoms with E-state index >= 15 is 0 Å². The summed E-state index contributed by atoms with van der Waals surface area (Å²) in [7, 11) is 0. The highest BCUT2D eigenvalue weighted by molar-refractivity contribution is 9.10. The summed E-state index contributed by atoms with van der Waals surface area (Å²) >= 11 is 3.46. The third kappa shape index (κ3) is 3.02. The number of nitrogens with zero attached hydrogens (tertiary/aromatic N) is 3. The third-order valence-corrected chi connectivity index (χ3v) is 4.37. The first-order valence-electron chi connectivity index (χ1n) is 6.92. The van der Waals surface area contributed by atoms with Gasteiger partial charge in [0.25, 0.3) is 5.56 Å². The lowest BCUT2D eigenvalue weighted by molar-refractivity contribution is 0.355. The van der Waals surface area contributed by atoms with Gasteiger partial charge in [0.1, 0.15) is 4.47 Å². The predicted molar refractivity (Wildman–Crippen MR) is 81.7 cm³/mol. The molecule has 1 aromatic heterocycles. The molecule has 0 radical (unpaired) electrons. The Morgan fingerprint density at radius 1 is 1.32 bits per heavy atom. The summed E-state index contributed by atoms with van der Waals surface area (Å²) in [5.74, 6) is 1.31. The Labute approximate surface area is 122 Å². The first-order valence-corrected chi connectivity index (χ1v) is 7.71. The zero-order valence-corrected chi connectivity index (χ0v) is 13.6. The molecule has 0 bridgehead atoms. The third-order valence-electron chi connectivity index (χ3n) is 3.62. The molecule has 1 aliphatic rings. The van der Waals surface area contributed by atoms with Crippen molar-refractivity contribution in [2.45, 2.75) is 40.2 Å². The molecular weight excluding hydrogens is 306 g/mol. The van der Waals surface area contributed by atoms with Gasteiger partial charge in [0.05, 0.1) is 17.9 Å². The summed E-state index contributed by atoms with van der Waals surface area (Å²) in [6.07, 6.45) is 3.07. The quantitative estimate of drug-likeness (QED) is 0.837. The lowest BCUT2D eigenvalue weighted by Gasteiger charge is -2.36. The van der Waals surface area contributed by atoms with Crippen LogP contribution in [0.3, 0.4) is 0 Å². The van der Waals surface area contributed by atoms with Crippen molar-refractivity contribution in [1.29, 1.82) is 0 Å². The highest BCUT2D eigenvalue weighted by Gasteiger charge is 2.24. The molecule has 106 valence electrons. The van der Waals surface area contributed by atoms with Gasteiger partial charge in [-0.05, 0) is 48.0 Å². The van der Waals surface area contributed by atoms with E-state index in [0.717, 1.165) is 18.8 Å². The highest BCUT2D eigenvalue weighted by atomic mass is 79.9. The topological polar surface area (TPSA) is 38.1 Å². The minimum absolute atomic E-state index is 0.0432. The molecule has 0 amide bonds. The molecule has 0 spiro atoms. The van der Waals surface area contributed by atoms with Gasteiger partial charge < -0.3 is 4.90 Å². The van der Waals surface area contributed by atoms with Crippen molar-refractivity contribution in [2.24, 2.45) is 11.8 Å². The van der Waals surface area contributed by atoms with Crippen molar-refractivity contribution in [2.75, 3.05) is 18.0 Å². The Kier molecular flexibility index (Phi) is 4.33. The molecule has 2 heterocycles. The molecule has 1 fully saturated rings. The summed E-state index contributed by atoms with van der Waals surface area (Å²) in [5, 5.41) is 4.30. The Bertz CT molecular complexity index is 502. The van der Waals surface area contributed by atoms with Crippen molar-refractivity contribution < 1.29 is 0 Å². The number of piperidine rings is 1. The van der Waals surface area contributed by atoms with Gasteiger partial charge in [-0.15, -0.1) is 0 Å². The summed E-state index contributed by atoms with van der Waals surface area (Å²) in [6.45, 7) is 10.4. The van der Waals surface area contributed by atoms with Crippen LogP contribution < -0.4 is 10.5 Å². The fourth-order valence-corrected chi connectivity index (χ4v) is 3.42. The largest absolute Gasteiger partial charge is 0.369 e. The van der Waals surface area contributed by atoms with Gasteiger partial charge in [-0.2, -0.15) is 5.10 Å². The maximum atomic E-state index is 12.3. The average molecular weight is 328 g/mol. The molecule has 0 saturated carbocycles. The van der Waals surface area contributed by atoms with Crippen molar-refractivity contribution in [3.05, 3.63) is 21.0 Å². The van der Waals surface area contributed by atoms with Crippen LogP contribution in [0.5, 0.6) is 0 Å². The van der Waals surface area contributed by atoms with Crippen LogP contribution in [0.2, 0.25) is 0 Å². The van der Waals surface area contributed by atoms with Crippen molar-refractivity contribution in [3.8, 4) is 0 Å². The van der Waals surface area contributed by atoms with Gasteiger partial charge in [0.15, 0.2) is 0 Å². The van der Waals surface area contributed by atoms with Crippen molar-refractivity contribution >= 4 is 21.6 Å². The van der Waals surface area contributed by atoms with Gasteiger partial charge in [0.2, 0.25) is 0 Å². The van der Waals surface area contributed by atoms with E-state index in [1.54, 1.807) is 0 Å². The number of halogens is 1. The highest BCUT2D eigenvalue weighted by Crippen LogP contribution is 2.29. The van der Waals surface area contributed by atoms with E-state index in [1.165, 1.54) is 11.1 Å². The van der Waals surface area contributed by atoms with Crippen LogP contribution in [0.4, 0.5) is 5.69 Å². The van der Waals surface area contributed by atoms with Crippen LogP contribution in [0, 0.1) is 11.8 Å². The Balaban J connectivity index is 2.36. The molecule has 0 aromatic carbocycles. The average Bonchev–Trinajstić information content (AvgIpc) is 2.30. The van der Waals surface area contributed by atoms with E-state index < -0.39 is 0 Å². The minimum atomic E-state index is -0.0432. The van der Waals surface area contributed by atoms with Gasteiger partial charge in [0, 0.05) is 13.1 Å². The minimum Gasteiger partial charge on any atom is -0.369 e. The molecule has 1 saturated heterocycles. The van der Waals surface area contributed by atoms with E-state index in [4.69, 9.17) is 0 Å². The first-order chi connectivity index (χ1) is 8.90. The van der Waals surface area contributed by atoms with E-state index in [9.17, 15) is 4.79 Å². The first kappa shape index (κ1) is 14.6. The number of hydrogen-bond donors (Lipinski definition) is 0. The summed E-state index contributed by atoms with van der Waals surface area (Å²) in [5.41, 5.74) is 0.888. The summed E-state index contributed by atoms with van der Waals surface area (Å²) in [6, 6.07) is 0.0806. The Morgan fingerprint density at radius 3 is 2.42 bits per heavy atom. The summed E-state index contributed by atoms with van der Waals surface area (Å²) in [4.78, 5) is 14.5. The zero-order chi connectivity index (χ0) is 14.2. The molecule has 19 heavy (non-hydrogen) atoms. The SMILES string of the molecule is CC(C)n1ncc(N2C[C@H](C)C[C@@H](C)C2)c(Br)c1=O. The maximum absolute atomic E-state index is 12.3. The second-order valence-corrected chi connectivity index (χ2v) is 6.83. The molecule has 0 aliphatic carbocycles. The molecule has 1 aromatic rings. The molecule has 0 N–H and O–H groups in total. The number of anilines is 1. The van der Waals surface area contributed by atoms with Gasteiger partial charge in [-0.1, -0.05) is 13.8 Å². The Hall–Kier alpha value is -0.840. The Morgan fingerprint density at radius 2 is 1.89 bits per heavy atom. The molecule has 1 aliphatic heterocycles. The second-order valence-electron chi connectivity index (χ2n) is 6.04. The van der Waals surface area contributed by atoms with Crippen molar-refractivity contribution in [1.82, 2.24) is 9.78 Å². The summed E-state index contributed by atoms with van der Waals surface area (Å²) < 4.78 is 2.15. The molecule has 2 atom stereocenters. The van der Waals surface area contributed by atoms with Crippen LogP contribution in [0.1, 0.15) is 40.2 Å². The second kappa shape index (κ2) is 5.65. The smallest absolute Gasteiger partial charge is 0.283 e. The monoisotopic (exact) mass is 327 g/mol. The van der Waals surface area contributed by atoms with Crippen LogP contribution in [0.15, 0.2) is 15.5 Å². The van der Waals surface area contributed by atoms with Crippen LogP contribution in [-0.4, -0.2) is 22.9 Å². The fraction of sp³-hybridized carbons (Fsp3) is 0.714. The molecule has 5 heteroatoms. The van der Waals surface area contributed by atoms with Crippen LogP contribution in [0.25, 0.3) is 0 Å². The molecule has 4 nitrogen and oxygen atoms in total. The van der Waals surface area contributed by atoms with Gasteiger partial charge in [-0.3, -0.25) is 4.79 Å². The maximum Gasteiger partial charge on any atom is 0.283 e. The standard InChI is InChI=1S/C14H22BrN3O/c1-9(2)18-14(19)13(15)12(6-16-18)17-7-10(3)5-11(4)8-17/h6,9-11H,5,7-8H2,1-4H3/t10-,11-/m1/s1. The van der Waals surface area contributed by atoms with E-state index in [-0.39, 0.29) is 11.6 Å². The van der Waals surface area contributed by atoms with Crippen LogP contribution >= 0.6 is 15.9 Å². The zero-order valence-electron chi connectivity index (χ0n) is 12.1.